The number of benzene rings is 2. The summed E-state index contributed by atoms with van der Waals surface area (Å²) in [5.41, 5.74) is 4.51. The van der Waals surface area contributed by atoms with Crippen molar-refractivity contribution in [2.75, 3.05) is 34.3 Å². The predicted octanol–water partition coefficient (Wildman–Crippen LogP) is 4.59. The Morgan fingerprint density at radius 2 is 1.73 bits per heavy atom. The summed E-state index contributed by atoms with van der Waals surface area (Å²) in [5.74, 6) is 1.25. The van der Waals surface area contributed by atoms with Crippen LogP contribution in [-0.4, -0.2) is 61.8 Å². The minimum absolute atomic E-state index is 0. The molecular weight excluding hydrogens is 436 g/mol. The number of hydrogen-bond donors (Lipinski definition) is 0. The summed E-state index contributed by atoms with van der Waals surface area (Å²) in [5, 5.41) is 0. The molecule has 5 nitrogen and oxygen atoms in total. The average molecular weight is 473 g/mol. The molecule has 1 atom stereocenters. The van der Waals surface area contributed by atoms with Crippen LogP contribution in [0.1, 0.15) is 53.2 Å². The van der Waals surface area contributed by atoms with Crippen LogP contribution in [-0.2, 0) is 24.1 Å². The van der Waals surface area contributed by atoms with E-state index in [1.54, 1.807) is 14.0 Å². The molecule has 1 amide bonds. The van der Waals surface area contributed by atoms with Gasteiger partial charge in [0.25, 0.3) is 0 Å². The van der Waals surface area contributed by atoms with Gasteiger partial charge in [0.15, 0.2) is 5.78 Å². The lowest BCUT2D eigenvalue weighted by atomic mass is 10.0. The number of ether oxygens (including phenoxy) is 1. The molecule has 1 unspecified atom stereocenters. The van der Waals surface area contributed by atoms with E-state index in [9.17, 15) is 9.59 Å². The number of amides is 1. The van der Waals surface area contributed by atoms with Gasteiger partial charge in [-0.15, -0.1) is 12.4 Å². The molecule has 33 heavy (non-hydrogen) atoms. The van der Waals surface area contributed by atoms with Crippen molar-refractivity contribution in [2.24, 2.45) is 0 Å². The predicted molar refractivity (Wildman–Crippen MR) is 136 cm³/mol. The quantitative estimate of drug-likeness (QED) is 0.354. The highest BCUT2D eigenvalue weighted by Gasteiger charge is 2.26. The van der Waals surface area contributed by atoms with Gasteiger partial charge in [-0.3, -0.25) is 9.59 Å². The number of hydrogen-bond acceptors (Lipinski definition) is 4. The van der Waals surface area contributed by atoms with Crippen LogP contribution in [0.25, 0.3) is 0 Å². The lowest BCUT2D eigenvalue weighted by Crippen LogP contribution is -2.35. The topological polar surface area (TPSA) is 49.9 Å². The van der Waals surface area contributed by atoms with Gasteiger partial charge >= 0.3 is 0 Å². The summed E-state index contributed by atoms with van der Waals surface area (Å²) in [6, 6.07) is 14.4. The van der Waals surface area contributed by atoms with Crippen molar-refractivity contribution >= 4 is 24.1 Å². The molecule has 0 fully saturated rings. The number of carbonyl (C=O) groups excluding carboxylic acids is 2. The third kappa shape index (κ3) is 7.31. The highest BCUT2D eigenvalue weighted by atomic mass is 35.5. The fourth-order valence-corrected chi connectivity index (χ4v) is 4.44. The molecule has 2 aromatic rings. The lowest BCUT2D eigenvalue weighted by molar-refractivity contribution is -0.129. The van der Waals surface area contributed by atoms with Gasteiger partial charge < -0.3 is 14.5 Å². The minimum Gasteiger partial charge on any atom is -0.496 e. The number of halogens is 1. The zero-order chi connectivity index (χ0) is 23.1. The molecule has 0 bridgehead atoms. The van der Waals surface area contributed by atoms with E-state index in [1.165, 1.54) is 16.7 Å². The first-order chi connectivity index (χ1) is 15.4. The van der Waals surface area contributed by atoms with Crippen LogP contribution in [0.4, 0.5) is 0 Å². The second-order valence-corrected chi connectivity index (χ2v) is 8.92. The number of methoxy groups -OCH3 is 1. The van der Waals surface area contributed by atoms with Crippen LogP contribution in [0.2, 0.25) is 0 Å². The van der Waals surface area contributed by atoms with Crippen molar-refractivity contribution in [3.63, 3.8) is 0 Å². The fourth-order valence-electron chi connectivity index (χ4n) is 4.44. The van der Waals surface area contributed by atoms with E-state index in [2.05, 4.69) is 24.1 Å². The number of unbranched alkanes of at least 4 members (excludes halogenated alkanes) is 1. The van der Waals surface area contributed by atoms with Crippen LogP contribution in [0.3, 0.4) is 0 Å². The maximum atomic E-state index is 12.7. The molecule has 1 aliphatic rings. The number of nitrogens with zero attached hydrogens (tertiary/aromatic N) is 2. The number of para-hydroxylation sites is 1. The average Bonchev–Trinajstić information content (AvgIpc) is 3.23. The second kappa shape index (κ2) is 12.8. The second-order valence-electron chi connectivity index (χ2n) is 8.92. The third-order valence-corrected chi connectivity index (χ3v) is 6.63. The lowest BCUT2D eigenvalue weighted by Gasteiger charge is -2.22. The Bertz CT molecular complexity index is 947. The number of Topliss-reactive ketones (excluding diaryl/α,β-unsaturated/α-hetero) is 1. The molecule has 0 heterocycles. The molecule has 1 aliphatic carbocycles. The first kappa shape index (κ1) is 26.9. The highest BCUT2D eigenvalue weighted by Crippen LogP contribution is 2.27. The van der Waals surface area contributed by atoms with Gasteiger partial charge in [-0.05, 0) is 74.5 Å². The summed E-state index contributed by atoms with van der Waals surface area (Å²) < 4.78 is 5.43. The molecule has 0 aromatic heterocycles. The zero-order valence-electron chi connectivity index (χ0n) is 20.3. The molecule has 3 rings (SSSR count). The van der Waals surface area contributed by atoms with Crippen LogP contribution in [0.5, 0.6) is 5.75 Å². The molecule has 0 spiro atoms. The molecule has 6 heteroatoms. The van der Waals surface area contributed by atoms with Gasteiger partial charge in [0.05, 0.1) is 7.11 Å². The van der Waals surface area contributed by atoms with Crippen molar-refractivity contribution in [3.8, 4) is 5.75 Å². The largest absolute Gasteiger partial charge is 0.496 e. The maximum Gasteiger partial charge on any atom is 0.219 e. The van der Waals surface area contributed by atoms with E-state index in [4.69, 9.17) is 4.74 Å². The SMILES string of the molecule is COc1ccccc1CCN(C)CCCCC(=O)c1ccc2c(c1)CC(N(C)C(C)=O)C2.Cl. The summed E-state index contributed by atoms with van der Waals surface area (Å²) >= 11 is 0. The molecule has 2 aromatic carbocycles. The number of carbonyl (C=O) groups is 2. The van der Waals surface area contributed by atoms with E-state index in [0.29, 0.717) is 6.42 Å². The van der Waals surface area contributed by atoms with Gasteiger partial charge in [-0.1, -0.05) is 30.3 Å². The van der Waals surface area contributed by atoms with Gasteiger partial charge in [-0.2, -0.15) is 0 Å². The molecule has 0 radical (unpaired) electrons. The molecular formula is C27H37ClN2O3. The van der Waals surface area contributed by atoms with Crippen molar-refractivity contribution in [1.29, 1.82) is 0 Å². The molecule has 180 valence electrons. The maximum absolute atomic E-state index is 12.7. The summed E-state index contributed by atoms with van der Waals surface area (Å²) in [7, 11) is 5.70. The van der Waals surface area contributed by atoms with Crippen LogP contribution in [0, 0.1) is 0 Å². The zero-order valence-corrected chi connectivity index (χ0v) is 21.1. The normalized spacial score (nSPS) is 14.5. The van der Waals surface area contributed by atoms with Crippen molar-refractivity contribution in [1.82, 2.24) is 9.80 Å². The Kier molecular flexibility index (Phi) is 10.4. The van der Waals surface area contributed by atoms with Crippen molar-refractivity contribution in [2.45, 2.75) is 51.5 Å². The van der Waals surface area contributed by atoms with E-state index in [1.807, 2.05) is 42.3 Å². The Hall–Kier alpha value is -2.37. The van der Waals surface area contributed by atoms with E-state index in [-0.39, 0.29) is 30.1 Å². The van der Waals surface area contributed by atoms with Crippen molar-refractivity contribution in [3.05, 3.63) is 64.7 Å². The Morgan fingerprint density at radius 1 is 1.00 bits per heavy atom. The number of likely N-dealkylation sites (N-methyl/N-ethyl adjacent to an activating group) is 2. The van der Waals surface area contributed by atoms with Crippen LogP contribution >= 0.6 is 12.4 Å². The summed E-state index contributed by atoms with van der Waals surface area (Å²) in [6.45, 7) is 3.55. The minimum atomic E-state index is 0. The molecule has 0 saturated heterocycles. The van der Waals surface area contributed by atoms with E-state index < -0.39 is 0 Å². The van der Waals surface area contributed by atoms with Crippen LogP contribution < -0.4 is 4.74 Å². The highest BCUT2D eigenvalue weighted by molar-refractivity contribution is 5.96. The first-order valence-corrected chi connectivity index (χ1v) is 11.6. The molecule has 0 N–H and O–H groups in total. The Morgan fingerprint density at radius 3 is 2.45 bits per heavy atom. The fraction of sp³-hybridized carbons (Fsp3) is 0.481. The summed E-state index contributed by atoms with van der Waals surface area (Å²) in [6.07, 6.45) is 5.14. The number of ketones is 1. The van der Waals surface area contributed by atoms with Gasteiger partial charge in [-0.25, -0.2) is 0 Å². The smallest absolute Gasteiger partial charge is 0.219 e. The van der Waals surface area contributed by atoms with Gasteiger partial charge in [0.1, 0.15) is 5.75 Å². The Labute approximate surface area is 204 Å². The summed E-state index contributed by atoms with van der Waals surface area (Å²) in [4.78, 5) is 28.5. The van der Waals surface area contributed by atoms with Gasteiger partial charge in [0.2, 0.25) is 5.91 Å². The van der Waals surface area contributed by atoms with Crippen molar-refractivity contribution < 1.29 is 14.3 Å². The Balaban J connectivity index is 0.00000385. The monoisotopic (exact) mass is 472 g/mol. The molecule has 0 saturated carbocycles. The van der Waals surface area contributed by atoms with Gasteiger partial charge in [0, 0.05) is 38.5 Å². The number of rotatable bonds is 11. The molecule has 0 aliphatic heterocycles. The standard InChI is InChI=1S/C27H36N2O3.ClH/c1-20(30)29(3)25-18-22-12-13-23(17-24(22)19-25)26(31)10-7-8-15-28(2)16-14-21-9-5-6-11-27(21)32-4;/h5-6,9,11-13,17,25H,7-8,10,14-16,18-19H2,1-4H3;1H. The van der Waals surface area contributed by atoms with Crippen LogP contribution in [0.15, 0.2) is 42.5 Å². The third-order valence-electron chi connectivity index (χ3n) is 6.63. The van der Waals surface area contributed by atoms with E-state index >= 15 is 0 Å². The first-order valence-electron chi connectivity index (χ1n) is 11.6. The van der Waals surface area contributed by atoms with E-state index in [0.717, 1.165) is 56.5 Å². The number of fused-ring (bicyclic) bond motifs is 1.